The minimum absolute atomic E-state index is 0.221. The van der Waals surface area contributed by atoms with Gasteiger partial charge in [-0.05, 0) is 62.3 Å². The lowest BCUT2D eigenvalue weighted by Gasteiger charge is -2.56. The number of rotatable bonds is 3. The third kappa shape index (κ3) is 2.60. The number of carbonyl (C=O) groups is 1. The van der Waals surface area contributed by atoms with Crippen LogP contribution in [0.2, 0.25) is 0 Å². The van der Waals surface area contributed by atoms with Crippen molar-refractivity contribution in [1.29, 1.82) is 0 Å². The first-order valence-electron chi connectivity index (χ1n) is 9.32. The first-order valence-corrected chi connectivity index (χ1v) is 10.2. The van der Waals surface area contributed by atoms with Gasteiger partial charge in [-0.2, -0.15) is 5.10 Å². The van der Waals surface area contributed by atoms with Gasteiger partial charge in [0.1, 0.15) is 5.69 Å². The quantitative estimate of drug-likeness (QED) is 0.901. The summed E-state index contributed by atoms with van der Waals surface area (Å²) >= 11 is 1.49. The lowest BCUT2D eigenvalue weighted by atomic mass is 9.49. The van der Waals surface area contributed by atoms with Gasteiger partial charge in [-0.25, -0.2) is 9.67 Å². The monoisotopic (exact) mass is 370 g/mol. The van der Waals surface area contributed by atoms with Crippen LogP contribution < -0.4 is 10.9 Å². The lowest BCUT2D eigenvalue weighted by Crippen LogP contribution is -2.48. The normalized spacial score (nSPS) is 32.0. The molecule has 0 atom stereocenters. The van der Waals surface area contributed by atoms with Crippen molar-refractivity contribution in [3.05, 3.63) is 39.3 Å². The molecular weight excluding hydrogens is 348 g/mol. The molecule has 0 aliphatic heterocycles. The smallest absolute Gasteiger partial charge is 0.277 e. The van der Waals surface area contributed by atoms with E-state index in [1.54, 1.807) is 0 Å². The molecule has 4 aliphatic rings. The molecule has 4 saturated carbocycles. The summed E-state index contributed by atoms with van der Waals surface area (Å²) in [6.45, 7) is 0. The van der Waals surface area contributed by atoms with Crippen molar-refractivity contribution in [3.63, 3.8) is 0 Å². The van der Waals surface area contributed by atoms with Gasteiger partial charge in [0.05, 0.1) is 5.69 Å². The second-order valence-electron chi connectivity index (χ2n) is 8.37. The van der Waals surface area contributed by atoms with Gasteiger partial charge in [-0.1, -0.05) is 0 Å². The Morgan fingerprint density at radius 2 is 1.85 bits per heavy atom. The van der Waals surface area contributed by atoms with Gasteiger partial charge < -0.3 is 0 Å². The van der Waals surface area contributed by atoms with E-state index in [2.05, 4.69) is 15.8 Å². The molecule has 6 rings (SSSR count). The van der Waals surface area contributed by atoms with E-state index in [1.807, 2.05) is 0 Å². The third-order valence-corrected chi connectivity index (χ3v) is 7.26. The summed E-state index contributed by atoms with van der Waals surface area (Å²) < 4.78 is 1.16. The van der Waals surface area contributed by atoms with Crippen molar-refractivity contribution < 1.29 is 4.79 Å². The summed E-state index contributed by atoms with van der Waals surface area (Å²) in [6.07, 6.45) is 8.01. The van der Waals surface area contributed by atoms with E-state index < -0.39 is 0 Å². The number of thiazole rings is 1. The minimum Gasteiger partial charge on any atom is -0.296 e. The Hall–Kier alpha value is -2.02. The Morgan fingerprint density at radius 1 is 1.19 bits per heavy atom. The second kappa shape index (κ2) is 5.74. The summed E-state index contributed by atoms with van der Waals surface area (Å²) in [5, 5.41) is 9.60. The number of hydrogen-bond donors (Lipinski definition) is 1. The molecule has 1 amide bonds. The summed E-state index contributed by atoms with van der Waals surface area (Å²) in [5.74, 6) is 2.29. The van der Waals surface area contributed by atoms with Crippen molar-refractivity contribution in [3.8, 4) is 0 Å². The Bertz CT molecular complexity index is 896. The van der Waals surface area contributed by atoms with Crippen molar-refractivity contribution in [2.45, 2.75) is 43.9 Å². The summed E-state index contributed by atoms with van der Waals surface area (Å²) in [7, 11) is 1.54. The van der Waals surface area contributed by atoms with Crippen LogP contribution in [-0.2, 0) is 12.5 Å². The highest BCUT2D eigenvalue weighted by Gasteiger charge is 2.52. The minimum atomic E-state index is -0.327. The fraction of sp³-hybridized carbons (Fsp3) is 0.579. The third-order valence-electron chi connectivity index (χ3n) is 6.50. The van der Waals surface area contributed by atoms with Gasteiger partial charge in [0, 0.05) is 23.9 Å². The van der Waals surface area contributed by atoms with Gasteiger partial charge in [0.15, 0.2) is 5.13 Å². The van der Waals surface area contributed by atoms with Crippen molar-refractivity contribution in [2.75, 3.05) is 5.32 Å². The fourth-order valence-electron chi connectivity index (χ4n) is 5.78. The molecule has 0 spiro atoms. The van der Waals surface area contributed by atoms with E-state index in [4.69, 9.17) is 4.98 Å². The maximum absolute atomic E-state index is 12.4. The molecule has 4 bridgehead atoms. The molecule has 2 aromatic rings. The number of anilines is 1. The van der Waals surface area contributed by atoms with Crippen LogP contribution in [0, 0.1) is 17.8 Å². The molecule has 2 aromatic heterocycles. The molecule has 0 aromatic carbocycles. The molecular formula is C19H22N4O2S. The van der Waals surface area contributed by atoms with Gasteiger partial charge in [-0.15, -0.1) is 11.3 Å². The Balaban J connectivity index is 1.36. The highest BCUT2D eigenvalue weighted by molar-refractivity contribution is 7.14. The number of nitrogens with zero attached hydrogens (tertiary/aromatic N) is 3. The highest BCUT2D eigenvalue weighted by atomic mass is 32.1. The number of aromatic nitrogens is 3. The molecule has 7 heteroatoms. The molecule has 4 aliphatic carbocycles. The van der Waals surface area contributed by atoms with Crippen LogP contribution in [0.4, 0.5) is 5.13 Å². The SMILES string of the molecule is Cn1nc(C(=O)Nc2nc(C34CC5CC(CC(C5)C3)C4)cs2)ccc1=O. The van der Waals surface area contributed by atoms with Gasteiger partial charge in [-0.3, -0.25) is 14.9 Å². The summed E-state index contributed by atoms with van der Waals surface area (Å²) in [5.41, 5.74) is 1.40. The van der Waals surface area contributed by atoms with Gasteiger partial charge in [0.2, 0.25) is 0 Å². The highest BCUT2D eigenvalue weighted by Crippen LogP contribution is 2.60. The zero-order valence-corrected chi connectivity index (χ0v) is 15.6. The first-order chi connectivity index (χ1) is 12.5. The molecule has 6 nitrogen and oxygen atoms in total. The van der Waals surface area contributed by atoms with E-state index in [9.17, 15) is 9.59 Å². The maximum atomic E-state index is 12.4. The first kappa shape index (κ1) is 16.2. The van der Waals surface area contributed by atoms with Crippen LogP contribution >= 0.6 is 11.3 Å². The molecule has 1 N–H and O–H groups in total. The number of nitrogens with one attached hydrogen (secondary N) is 1. The summed E-state index contributed by atoms with van der Waals surface area (Å²) in [6, 6.07) is 2.80. The molecule has 0 unspecified atom stereocenters. The van der Waals surface area contributed by atoms with Crippen LogP contribution in [-0.4, -0.2) is 20.7 Å². The number of carbonyl (C=O) groups excluding carboxylic acids is 1. The Labute approximate surface area is 155 Å². The molecule has 0 saturated heterocycles. The molecule has 136 valence electrons. The van der Waals surface area contributed by atoms with Crippen LogP contribution in [0.3, 0.4) is 0 Å². The van der Waals surface area contributed by atoms with Crippen LogP contribution in [0.1, 0.15) is 54.7 Å². The standard InChI is InChI=1S/C19H22N4O2S/c1-23-16(24)3-2-14(22-23)17(25)21-18-20-15(10-26-18)19-7-11-4-12(8-19)6-13(5-11)9-19/h2-3,10-13H,4-9H2,1H3,(H,20,21,25). The van der Waals surface area contributed by atoms with Crippen molar-refractivity contribution in [1.82, 2.24) is 14.8 Å². The second-order valence-corrected chi connectivity index (χ2v) is 9.23. The topological polar surface area (TPSA) is 76.9 Å². The van der Waals surface area contributed by atoms with Crippen LogP contribution in [0.15, 0.2) is 22.3 Å². The maximum Gasteiger partial charge on any atom is 0.277 e. The van der Waals surface area contributed by atoms with E-state index in [0.717, 1.165) is 22.4 Å². The lowest BCUT2D eigenvalue weighted by molar-refractivity contribution is -0.00688. The van der Waals surface area contributed by atoms with Crippen LogP contribution in [0.5, 0.6) is 0 Å². The Kier molecular flexibility index (Phi) is 3.57. The zero-order valence-electron chi connectivity index (χ0n) is 14.8. The average Bonchev–Trinajstić information content (AvgIpc) is 3.05. The van der Waals surface area contributed by atoms with Gasteiger partial charge >= 0.3 is 0 Å². The molecule has 26 heavy (non-hydrogen) atoms. The molecule has 0 radical (unpaired) electrons. The molecule has 4 fully saturated rings. The van der Waals surface area contributed by atoms with E-state index in [0.29, 0.717) is 5.13 Å². The zero-order chi connectivity index (χ0) is 17.9. The Morgan fingerprint density at radius 3 is 2.46 bits per heavy atom. The van der Waals surface area contributed by atoms with Crippen molar-refractivity contribution in [2.24, 2.45) is 24.8 Å². The van der Waals surface area contributed by atoms with E-state index >= 15 is 0 Å². The van der Waals surface area contributed by atoms with E-state index in [1.165, 1.54) is 74.7 Å². The number of aryl methyl sites for hydroxylation is 1. The summed E-state index contributed by atoms with van der Waals surface area (Å²) in [4.78, 5) is 28.6. The average molecular weight is 370 g/mol. The van der Waals surface area contributed by atoms with E-state index in [-0.39, 0.29) is 22.6 Å². The number of hydrogen-bond acceptors (Lipinski definition) is 5. The number of amides is 1. The fourth-order valence-corrected chi connectivity index (χ4v) is 6.61. The predicted molar refractivity (Wildman–Crippen MR) is 99.4 cm³/mol. The van der Waals surface area contributed by atoms with Crippen molar-refractivity contribution >= 4 is 22.4 Å². The largest absolute Gasteiger partial charge is 0.296 e. The van der Waals surface area contributed by atoms with Crippen LogP contribution in [0.25, 0.3) is 0 Å². The molecule has 2 heterocycles. The predicted octanol–water partition coefficient (Wildman–Crippen LogP) is 2.96. The van der Waals surface area contributed by atoms with Gasteiger partial charge in [0.25, 0.3) is 11.5 Å².